The third-order valence-corrected chi connectivity index (χ3v) is 4.46. The molecule has 4 nitrogen and oxygen atoms in total. The summed E-state index contributed by atoms with van der Waals surface area (Å²) in [5.74, 6) is -0.380. The van der Waals surface area contributed by atoms with Crippen molar-refractivity contribution in [2.45, 2.75) is 20.4 Å². The number of carbonyl (C=O) groups is 1. The number of ether oxygens (including phenoxy) is 1. The first-order valence-electron chi connectivity index (χ1n) is 8.52. The molecular formula is C21H21ClN2O2. The summed E-state index contributed by atoms with van der Waals surface area (Å²) in [6.07, 6.45) is 1.60. The molecule has 0 saturated carbocycles. The van der Waals surface area contributed by atoms with Crippen LogP contribution in [-0.4, -0.2) is 24.6 Å². The van der Waals surface area contributed by atoms with Gasteiger partial charge in [-0.25, -0.2) is 4.79 Å². The van der Waals surface area contributed by atoms with Gasteiger partial charge >= 0.3 is 5.97 Å². The lowest BCUT2D eigenvalue weighted by Crippen LogP contribution is -2.21. The second-order valence-corrected chi connectivity index (χ2v) is 6.64. The molecule has 26 heavy (non-hydrogen) atoms. The number of esters is 1. The number of rotatable bonds is 5. The number of hydrogen-bond acceptors (Lipinski definition) is 4. The monoisotopic (exact) mass is 368 g/mol. The SMILES string of the molecule is CCOC(=O)c1cnc2c(C)cc(Cl)cc2c1N(C)Cc1ccccc1. The second kappa shape index (κ2) is 7.75. The van der Waals surface area contributed by atoms with E-state index in [0.717, 1.165) is 27.7 Å². The van der Waals surface area contributed by atoms with Crippen LogP contribution in [0.25, 0.3) is 10.9 Å². The Bertz CT molecular complexity index is 942. The van der Waals surface area contributed by atoms with Crippen LogP contribution < -0.4 is 4.90 Å². The molecule has 0 atom stereocenters. The first kappa shape index (κ1) is 18.2. The van der Waals surface area contributed by atoms with Crippen molar-refractivity contribution in [3.8, 4) is 0 Å². The summed E-state index contributed by atoms with van der Waals surface area (Å²) < 4.78 is 5.24. The fourth-order valence-corrected chi connectivity index (χ4v) is 3.40. The van der Waals surface area contributed by atoms with Crippen LogP contribution in [0.2, 0.25) is 5.02 Å². The van der Waals surface area contributed by atoms with Crippen LogP contribution in [0.1, 0.15) is 28.4 Å². The van der Waals surface area contributed by atoms with E-state index in [2.05, 4.69) is 17.1 Å². The van der Waals surface area contributed by atoms with Crippen molar-refractivity contribution in [1.29, 1.82) is 0 Å². The average Bonchev–Trinajstić information content (AvgIpc) is 2.61. The average molecular weight is 369 g/mol. The topological polar surface area (TPSA) is 42.4 Å². The molecule has 0 saturated heterocycles. The molecule has 2 aromatic carbocycles. The largest absolute Gasteiger partial charge is 0.462 e. The van der Waals surface area contributed by atoms with E-state index in [4.69, 9.17) is 16.3 Å². The number of carbonyl (C=O) groups excluding carboxylic acids is 1. The Labute approximate surface area is 158 Å². The highest BCUT2D eigenvalue weighted by atomic mass is 35.5. The highest BCUT2D eigenvalue weighted by Gasteiger charge is 2.21. The fourth-order valence-electron chi connectivity index (χ4n) is 3.13. The maximum Gasteiger partial charge on any atom is 0.341 e. The standard InChI is InChI=1S/C21H21ClN2O2/c1-4-26-21(25)18-12-23-19-14(2)10-16(22)11-17(19)20(18)24(3)13-15-8-6-5-7-9-15/h5-12H,4,13H2,1-3H3. The summed E-state index contributed by atoms with van der Waals surface area (Å²) in [5.41, 5.74) is 4.17. The zero-order valence-corrected chi connectivity index (χ0v) is 15.9. The maximum absolute atomic E-state index is 12.5. The zero-order valence-electron chi connectivity index (χ0n) is 15.1. The smallest absolute Gasteiger partial charge is 0.341 e. The maximum atomic E-state index is 12.5. The highest BCUT2D eigenvalue weighted by molar-refractivity contribution is 6.31. The van der Waals surface area contributed by atoms with Gasteiger partial charge in [0.15, 0.2) is 0 Å². The third-order valence-electron chi connectivity index (χ3n) is 4.24. The molecule has 0 aliphatic heterocycles. The van der Waals surface area contributed by atoms with Crippen molar-refractivity contribution in [3.05, 3.63) is 70.4 Å². The molecule has 0 aliphatic rings. The van der Waals surface area contributed by atoms with E-state index in [9.17, 15) is 4.79 Å². The Hall–Kier alpha value is -2.59. The van der Waals surface area contributed by atoms with Crippen molar-refractivity contribution < 1.29 is 9.53 Å². The summed E-state index contributed by atoms with van der Waals surface area (Å²) in [7, 11) is 1.96. The van der Waals surface area contributed by atoms with E-state index in [-0.39, 0.29) is 5.97 Å². The van der Waals surface area contributed by atoms with Gasteiger partial charge < -0.3 is 9.64 Å². The fraction of sp³-hybridized carbons (Fsp3) is 0.238. The molecule has 5 heteroatoms. The third kappa shape index (κ3) is 3.65. The molecule has 0 spiro atoms. The number of aryl methyl sites for hydroxylation is 1. The molecule has 3 aromatic rings. The number of hydrogen-bond donors (Lipinski definition) is 0. The van der Waals surface area contributed by atoms with Crippen LogP contribution in [-0.2, 0) is 11.3 Å². The predicted molar refractivity (Wildman–Crippen MR) is 106 cm³/mol. The molecule has 0 bridgehead atoms. The number of pyridine rings is 1. The first-order valence-corrected chi connectivity index (χ1v) is 8.90. The minimum absolute atomic E-state index is 0.313. The lowest BCUT2D eigenvalue weighted by Gasteiger charge is -2.24. The molecule has 3 rings (SSSR count). The van der Waals surface area contributed by atoms with E-state index < -0.39 is 0 Å². The van der Waals surface area contributed by atoms with Crippen molar-refractivity contribution in [3.63, 3.8) is 0 Å². The predicted octanol–water partition coefficient (Wildman–Crippen LogP) is 5.01. The molecule has 1 heterocycles. The minimum atomic E-state index is -0.380. The van der Waals surface area contributed by atoms with Gasteiger partial charge in [-0.2, -0.15) is 0 Å². The van der Waals surface area contributed by atoms with Gasteiger partial charge in [-0.05, 0) is 37.1 Å². The first-order chi connectivity index (χ1) is 12.5. The Morgan fingerprint density at radius 3 is 2.65 bits per heavy atom. The van der Waals surface area contributed by atoms with Gasteiger partial charge in [0.1, 0.15) is 5.56 Å². The highest BCUT2D eigenvalue weighted by Crippen LogP contribution is 2.34. The van der Waals surface area contributed by atoms with Crippen molar-refractivity contribution in [2.75, 3.05) is 18.6 Å². The molecular weight excluding hydrogens is 348 g/mol. The molecule has 1 aromatic heterocycles. The van der Waals surface area contributed by atoms with Crippen molar-refractivity contribution >= 4 is 34.2 Å². The van der Waals surface area contributed by atoms with E-state index in [0.29, 0.717) is 23.7 Å². The Balaban J connectivity index is 2.17. The van der Waals surface area contributed by atoms with Crippen molar-refractivity contribution in [2.24, 2.45) is 0 Å². The zero-order chi connectivity index (χ0) is 18.7. The number of halogens is 1. The van der Waals surface area contributed by atoms with Gasteiger partial charge in [0, 0.05) is 30.2 Å². The van der Waals surface area contributed by atoms with E-state index in [1.54, 1.807) is 13.1 Å². The summed E-state index contributed by atoms with van der Waals surface area (Å²) in [5, 5.41) is 1.46. The van der Waals surface area contributed by atoms with E-state index in [1.165, 1.54) is 0 Å². The van der Waals surface area contributed by atoms with Crippen LogP contribution >= 0.6 is 11.6 Å². The number of anilines is 1. The normalized spacial score (nSPS) is 10.8. The van der Waals surface area contributed by atoms with Gasteiger partial charge in [-0.1, -0.05) is 41.9 Å². The van der Waals surface area contributed by atoms with Crippen LogP contribution in [0.4, 0.5) is 5.69 Å². The summed E-state index contributed by atoms with van der Waals surface area (Å²) in [4.78, 5) is 19.0. The molecule has 0 radical (unpaired) electrons. The van der Waals surface area contributed by atoms with Crippen LogP contribution in [0, 0.1) is 6.92 Å². The van der Waals surface area contributed by atoms with Crippen LogP contribution in [0.3, 0.4) is 0 Å². The Kier molecular flexibility index (Phi) is 5.43. The van der Waals surface area contributed by atoms with Gasteiger partial charge in [0.05, 0.1) is 17.8 Å². The van der Waals surface area contributed by atoms with Crippen LogP contribution in [0.5, 0.6) is 0 Å². The van der Waals surface area contributed by atoms with Gasteiger partial charge in [0.25, 0.3) is 0 Å². The number of aromatic nitrogens is 1. The van der Waals surface area contributed by atoms with E-state index >= 15 is 0 Å². The summed E-state index contributed by atoms with van der Waals surface area (Å²) >= 11 is 6.29. The quantitative estimate of drug-likeness (QED) is 0.594. The molecule has 0 fully saturated rings. The van der Waals surface area contributed by atoms with Crippen LogP contribution in [0.15, 0.2) is 48.7 Å². The molecule has 0 aliphatic carbocycles. The minimum Gasteiger partial charge on any atom is -0.462 e. The summed E-state index contributed by atoms with van der Waals surface area (Å²) in [6, 6.07) is 13.8. The molecule has 134 valence electrons. The molecule has 0 amide bonds. The Morgan fingerprint density at radius 2 is 1.96 bits per heavy atom. The summed E-state index contributed by atoms with van der Waals surface area (Å²) in [6.45, 7) is 4.72. The van der Waals surface area contributed by atoms with Gasteiger partial charge in [-0.3, -0.25) is 4.98 Å². The lowest BCUT2D eigenvalue weighted by atomic mass is 10.0. The second-order valence-electron chi connectivity index (χ2n) is 6.20. The van der Waals surface area contributed by atoms with E-state index in [1.807, 2.05) is 49.2 Å². The molecule has 0 unspecified atom stereocenters. The van der Waals surface area contributed by atoms with Crippen molar-refractivity contribution in [1.82, 2.24) is 4.98 Å². The number of nitrogens with zero attached hydrogens (tertiary/aromatic N) is 2. The lowest BCUT2D eigenvalue weighted by molar-refractivity contribution is 0.0527. The molecule has 0 N–H and O–H groups in total. The van der Waals surface area contributed by atoms with Gasteiger partial charge in [-0.15, -0.1) is 0 Å². The van der Waals surface area contributed by atoms with Gasteiger partial charge in [0.2, 0.25) is 0 Å². The number of fused-ring (bicyclic) bond motifs is 1. The Morgan fingerprint density at radius 1 is 1.23 bits per heavy atom. The number of benzene rings is 2.